The molecule has 1 aromatic rings. The van der Waals surface area contributed by atoms with Crippen LogP contribution in [0, 0.1) is 5.92 Å². The molecule has 1 saturated carbocycles. The number of nitrogens with zero attached hydrogens (tertiary/aromatic N) is 2. The van der Waals surface area contributed by atoms with Crippen LogP contribution in [-0.2, 0) is 9.59 Å². The predicted molar refractivity (Wildman–Crippen MR) is 119 cm³/mol. The minimum absolute atomic E-state index is 0.0689. The Morgan fingerprint density at radius 2 is 2.00 bits per heavy atom. The lowest BCUT2D eigenvalue weighted by Crippen LogP contribution is -2.34. The van der Waals surface area contributed by atoms with Crippen LogP contribution < -0.4 is 10.6 Å². The molecule has 0 aromatic heterocycles. The standard InChI is InChI=1S/C22H28N4O3S/c1-14(15-8-9-15)23-20(28)16-6-5-7-17(12-16)24-19(27)13-18-21(29)25-22(30-18)26-10-3-2-4-11-26/h5-7,12,14-15,18H,2-4,8-11,13H2,1H3,(H,23,28)(H,24,27)/t14-,18-/m1/s1. The lowest BCUT2D eigenvalue weighted by Gasteiger charge is -2.27. The predicted octanol–water partition coefficient (Wildman–Crippen LogP) is 3.03. The van der Waals surface area contributed by atoms with Crippen LogP contribution in [-0.4, -0.2) is 52.2 Å². The number of benzene rings is 1. The van der Waals surface area contributed by atoms with Crippen LogP contribution in [0.4, 0.5) is 5.69 Å². The summed E-state index contributed by atoms with van der Waals surface area (Å²) in [5.41, 5.74) is 1.07. The van der Waals surface area contributed by atoms with E-state index in [2.05, 4.69) is 20.5 Å². The van der Waals surface area contributed by atoms with E-state index < -0.39 is 5.25 Å². The Kier molecular flexibility index (Phi) is 6.41. The number of aliphatic imine (C=N–C) groups is 1. The average Bonchev–Trinajstić information content (AvgIpc) is 3.53. The molecular formula is C22H28N4O3S. The summed E-state index contributed by atoms with van der Waals surface area (Å²) >= 11 is 1.39. The first-order valence-electron chi connectivity index (χ1n) is 10.7. The normalized spacial score (nSPS) is 22.4. The number of anilines is 1. The summed E-state index contributed by atoms with van der Waals surface area (Å²) in [7, 11) is 0. The van der Waals surface area contributed by atoms with Gasteiger partial charge < -0.3 is 15.5 Å². The highest BCUT2D eigenvalue weighted by Gasteiger charge is 2.33. The van der Waals surface area contributed by atoms with Crippen LogP contribution in [0.3, 0.4) is 0 Å². The van der Waals surface area contributed by atoms with Crippen LogP contribution in [0.15, 0.2) is 29.3 Å². The van der Waals surface area contributed by atoms with Crippen molar-refractivity contribution in [1.82, 2.24) is 10.2 Å². The van der Waals surface area contributed by atoms with Crippen LogP contribution in [0.1, 0.15) is 55.8 Å². The second-order valence-electron chi connectivity index (χ2n) is 8.32. The van der Waals surface area contributed by atoms with Crippen LogP contribution in [0.2, 0.25) is 0 Å². The van der Waals surface area contributed by atoms with Gasteiger partial charge in [-0.2, -0.15) is 4.99 Å². The lowest BCUT2D eigenvalue weighted by atomic mass is 10.1. The number of rotatable bonds is 6. The van der Waals surface area contributed by atoms with Crippen molar-refractivity contribution in [3.8, 4) is 0 Å². The van der Waals surface area contributed by atoms with Crippen LogP contribution in [0.25, 0.3) is 0 Å². The van der Waals surface area contributed by atoms with Crippen molar-refractivity contribution in [2.45, 2.75) is 56.7 Å². The highest BCUT2D eigenvalue weighted by Crippen LogP contribution is 2.32. The Labute approximate surface area is 181 Å². The van der Waals surface area contributed by atoms with Gasteiger partial charge in [0.15, 0.2) is 5.17 Å². The van der Waals surface area contributed by atoms with Gasteiger partial charge in [0.2, 0.25) is 5.91 Å². The van der Waals surface area contributed by atoms with Crippen molar-refractivity contribution < 1.29 is 14.4 Å². The summed E-state index contributed by atoms with van der Waals surface area (Å²) in [5.74, 6) is -0.0419. The van der Waals surface area contributed by atoms with Gasteiger partial charge in [0.25, 0.3) is 11.8 Å². The number of carbonyl (C=O) groups excluding carboxylic acids is 3. The molecule has 0 spiro atoms. The van der Waals surface area contributed by atoms with Gasteiger partial charge in [0.1, 0.15) is 5.25 Å². The number of nitrogens with one attached hydrogen (secondary N) is 2. The minimum atomic E-state index is -0.479. The summed E-state index contributed by atoms with van der Waals surface area (Å²) in [6.45, 7) is 3.87. The molecule has 2 aliphatic heterocycles. The maximum absolute atomic E-state index is 12.5. The molecule has 8 heteroatoms. The number of piperidine rings is 1. The molecule has 30 heavy (non-hydrogen) atoms. The van der Waals surface area contributed by atoms with Crippen molar-refractivity contribution in [3.63, 3.8) is 0 Å². The van der Waals surface area contributed by atoms with Crippen molar-refractivity contribution in [2.24, 2.45) is 10.9 Å². The van der Waals surface area contributed by atoms with E-state index in [-0.39, 0.29) is 30.2 Å². The highest BCUT2D eigenvalue weighted by atomic mass is 32.2. The number of amidine groups is 1. The zero-order valence-corrected chi connectivity index (χ0v) is 18.0. The maximum atomic E-state index is 12.5. The lowest BCUT2D eigenvalue weighted by molar-refractivity contribution is -0.121. The third kappa shape index (κ3) is 5.22. The summed E-state index contributed by atoms with van der Waals surface area (Å²) in [6.07, 6.45) is 5.84. The fourth-order valence-electron chi connectivity index (χ4n) is 3.85. The van der Waals surface area contributed by atoms with E-state index in [0.29, 0.717) is 17.2 Å². The quantitative estimate of drug-likeness (QED) is 0.727. The van der Waals surface area contributed by atoms with Gasteiger partial charge in [-0.3, -0.25) is 14.4 Å². The smallest absolute Gasteiger partial charge is 0.262 e. The summed E-state index contributed by atoms with van der Waals surface area (Å²) in [6, 6.07) is 7.07. The van der Waals surface area contributed by atoms with E-state index in [1.807, 2.05) is 6.92 Å². The molecule has 1 aromatic carbocycles. The third-order valence-corrected chi connectivity index (χ3v) is 7.04. The van der Waals surface area contributed by atoms with Gasteiger partial charge >= 0.3 is 0 Å². The number of carbonyl (C=O) groups is 3. The number of amides is 3. The SMILES string of the molecule is C[C@@H](NC(=O)c1cccc(NC(=O)C[C@H]2SC(N3CCCCC3)=NC2=O)c1)C1CC1. The maximum Gasteiger partial charge on any atom is 0.262 e. The Morgan fingerprint density at radius 3 is 2.73 bits per heavy atom. The van der Waals surface area contributed by atoms with E-state index >= 15 is 0 Å². The van der Waals surface area contributed by atoms with E-state index in [4.69, 9.17) is 0 Å². The molecule has 1 aliphatic carbocycles. The van der Waals surface area contributed by atoms with E-state index in [0.717, 1.165) is 31.1 Å². The largest absolute Gasteiger partial charge is 0.351 e. The molecule has 7 nitrogen and oxygen atoms in total. The molecule has 2 N–H and O–H groups in total. The molecule has 3 amide bonds. The molecule has 0 bridgehead atoms. The first-order valence-corrected chi connectivity index (χ1v) is 11.6. The molecule has 1 saturated heterocycles. The van der Waals surface area contributed by atoms with Crippen molar-refractivity contribution in [3.05, 3.63) is 29.8 Å². The molecule has 3 aliphatic rings. The van der Waals surface area contributed by atoms with E-state index in [1.165, 1.54) is 31.0 Å². The monoisotopic (exact) mass is 428 g/mol. The van der Waals surface area contributed by atoms with Gasteiger partial charge in [0.05, 0.1) is 0 Å². The average molecular weight is 429 g/mol. The van der Waals surface area contributed by atoms with Crippen molar-refractivity contribution in [2.75, 3.05) is 18.4 Å². The first kappa shape index (κ1) is 20.9. The van der Waals surface area contributed by atoms with Gasteiger partial charge in [-0.15, -0.1) is 0 Å². The van der Waals surface area contributed by atoms with Gasteiger partial charge in [-0.1, -0.05) is 17.8 Å². The number of hydrogen-bond donors (Lipinski definition) is 2. The molecule has 2 atom stereocenters. The molecule has 0 unspecified atom stereocenters. The second-order valence-corrected chi connectivity index (χ2v) is 9.49. The van der Waals surface area contributed by atoms with Gasteiger partial charge in [0, 0.05) is 36.8 Å². The summed E-state index contributed by atoms with van der Waals surface area (Å²) < 4.78 is 0. The van der Waals surface area contributed by atoms with Gasteiger partial charge in [-0.25, -0.2) is 0 Å². The second kappa shape index (κ2) is 9.20. The molecule has 4 rings (SSSR count). The number of likely N-dealkylation sites (tertiary alicyclic amines) is 1. The molecule has 2 heterocycles. The van der Waals surface area contributed by atoms with Gasteiger partial charge in [-0.05, 0) is 63.1 Å². The minimum Gasteiger partial charge on any atom is -0.351 e. The first-order chi connectivity index (χ1) is 14.5. The zero-order chi connectivity index (χ0) is 21.1. The number of thioether (sulfide) groups is 1. The molecule has 160 valence electrons. The van der Waals surface area contributed by atoms with Crippen LogP contribution >= 0.6 is 11.8 Å². The fraction of sp³-hybridized carbons (Fsp3) is 0.545. The Balaban J connectivity index is 1.30. The Bertz CT molecular complexity index is 862. The Hall–Kier alpha value is -2.35. The fourth-order valence-corrected chi connectivity index (χ4v) is 4.97. The molecule has 2 fully saturated rings. The summed E-state index contributed by atoms with van der Waals surface area (Å²) in [5, 5.41) is 6.11. The van der Waals surface area contributed by atoms with Crippen molar-refractivity contribution in [1.29, 1.82) is 0 Å². The topological polar surface area (TPSA) is 90.9 Å². The molecular weight excluding hydrogens is 400 g/mol. The third-order valence-electron chi connectivity index (χ3n) is 5.82. The van der Waals surface area contributed by atoms with E-state index in [9.17, 15) is 14.4 Å². The number of hydrogen-bond acceptors (Lipinski definition) is 5. The highest BCUT2D eigenvalue weighted by molar-refractivity contribution is 8.15. The van der Waals surface area contributed by atoms with Crippen LogP contribution in [0.5, 0.6) is 0 Å². The summed E-state index contributed by atoms with van der Waals surface area (Å²) in [4.78, 5) is 43.5. The van der Waals surface area contributed by atoms with Crippen molar-refractivity contribution >= 4 is 40.3 Å². The molecule has 0 radical (unpaired) electrons. The Morgan fingerprint density at radius 1 is 1.23 bits per heavy atom. The van der Waals surface area contributed by atoms with E-state index in [1.54, 1.807) is 24.3 Å². The zero-order valence-electron chi connectivity index (χ0n) is 17.2.